The topological polar surface area (TPSA) is 43.4 Å². The minimum atomic E-state index is -0.523. The fourth-order valence-corrected chi connectivity index (χ4v) is 4.36. The number of ketones is 1. The molecule has 2 saturated carbocycles. The van der Waals surface area contributed by atoms with Crippen molar-refractivity contribution in [3.05, 3.63) is 0 Å². The van der Waals surface area contributed by atoms with Crippen molar-refractivity contribution < 1.29 is 14.3 Å². The lowest BCUT2D eigenvalue weighted by Gasteiger charge is -2.53. The van der Waals surface area contributed by atoms with Gasteiger partial charge in [-0.25, -0.2) is 0 Å². The Morgan fingerprint density at radius 1 is 1.22 bits per heavy atom. The molecule has 3 nitrogen and oxygen atoms in total. The van der Waals surface area contributed by atoms with E-state index in [1.54, 1.807) is 0 Å². The lowest BCUT2D eigenvalue weighted by Crippen LogP contribution is -2.53. The van der Waals surface area contributed by atoms with Crippen LogP contribution in [-0.2, 0) is 14.3 Å². The van der Waals surface area contributed by atoms with Gasteiger partial charge < -0.3 is 4.74 Å². The van der Waals surface area contributed by atoms with Crippen LogP contribution < -0.4 is 0 Å². The Hall–Kier alpha value is -0.860. The molecule has 0 heterocycles. The van der Waals surface area contributed by atoms with Gasteiger partial charge in [0.2, 0.25) is 0 Å². The van der Waals surface area contributed by atoms with Gasteiger partial charge >= 0.3 is 5.97 Å². The van der Waals surface area contributed by atoms with E-state index in [2.05, 4.69) is 20.8 Å². The van der Waals surface area contributed by atoms with E-state index in [1.807, 2.05) is 0 Å². The van der Waals surface area contributed by atoms with Gasteiger partial charge in [-0.2, -0.15) is 0 Å². The number of carbonyl (C=O) groups is 2. The smallest absolute Gasteiger partial charge is 0.316 e. The first-order chi connectivity index (χ1) is 8.33. The van der Waals surface area contributed by atoms with Gasteiger partial charge in [-0.3, -0.25) is 9.59 Å². The zero-order valence-corrected chi connectivity index (χ0v) is 11.9. The number of Topliss-reactive ketones (excluding diaryl/α,β-unsaturated/α-hetero) is 1. The highest BCUT2D eigenvalue weighted by atomic mass is 16.5. The highest BCUT2D eigenvalue weighted by Gasteiger charge is 2.56. The van der Waals surface area contributed by atoms with Gasteiger partial charge in [-0.05, 0) is 37.0 Å². The summed E-state index contributed by atoms with van der Waals surface area (Å²) in [7, 11) is 1.37. The fraction of sp³-hybridized carbons (Fsp3) is 0.867. The molecule has 0 bridgehead atoms. The Morgan fingerprint density at radius 3 is 2.50 bits per heavy atom. The maximum absolute atomic E-state index is 12.7. The van der Waals surface area contributed by atoms with Crippen molar-refractivity contribution in [1.82, 2.24) is 0 Å². The lowest BCUT2D eigenvalue weighted by molar-refractivity contribution is -0.162. The van der Waals surface area contributed by atoms with Crippen LogP contribution in [0.25, 0.3) is 0 Å². The molecular weight excluding hydrogens is 228 g/mol. The molecule has 0 aromatic carbocycles. The molecule has 3 atom stereocenters. The van der Waals surface area contributed by atoms with E-state index >= 15 is 0 Å². The largest absolute Gasteiger partial charge is 0.468 e. The van der Waals surface area contributed by atoms with E-state index in [9.17, 15) is 9.59 Å². The van der Waals surface area contributed by atoms with Crippen LogP contribution in [0.3, 0.4) is 0 Å². The van der Waals surface area contributed by atoms with Crippen LogP contribution in [0.4, 0.5) is 0 Å². The highest BCUT2D eigenvalue weighted by Crippen LogP contribution is 2.57. The summed E-state index contributed by atoms with van der Waals surface area (Å²) >= 11 is 0. The van der Waals surface area contributed by atoms with Crippen LogP contribution in [0.5, 0.6) is 0 Å². The molecule has 0 spiro atoms. The van der Waals surface area contributed by atoms with Gasteiger partial charge in [-0.15, -0.1) is 0 Å². The molecule has 0 aromatic heterocycles. The van der Waals surface area contributed by atoms with Crippen molar-refractivity contribution in [2.45, 2.75) is 52.9 Å². The first-order valence-electron chi connectivity index (χ1n) is 6.95. The van der Waals surface area contributed by atoms with E-state index < -0.39 is 5.92 Å². The maximum atomic E-state index is 12.7. The predicted molar refractivity (Wildman–Crippen MR) is 69.0 cm³/mol. The van der Waals surface area contributed by atoms with Crippen molar-refractivity contribution in [3.8, 4) is 0 Å². The number of hydrogen-bond donors (Lipinski definition) is 0. The highest BCUT2D eigenvalue weighted by molar-refractivity contribution is 6.02. The van der Waals surface area contributed by atoms with Crippen LogP contribution in [0.2, 0.25) is 0 Å². The molecular formula is C15H24O3. The van der Waals surface area contributed by atoms with E-state index in [-0.39, 0.29) is 22.6 Å². The van der Waals surface area contributed by atoms with Crippen LogP contribution in [0.15, 0.2) is 0 Å². The zero-order chi connectivity index (χ0) is 13.6. The number of esters is 1. The third-order valence-electron chi connectivity index (χ3n) is 5.34. The van der Waals surface area contributed by atoms with Gasteiger partial charge in [0.05, 0.1) is 7.11 Å². The standard InChI is InChI=1S/C15H24O3/c1-14(2)8-5-9-15(3)11(14)7-6-10(12(15)16)13(17)18-4/h10-11H,5-9H2,1-4H3/t10?,11-,15-/m0/s1. The Labute approximate surface area is 109 Å². The fourth-order valence-electron chi connectivity index (χ4n) is 4.36. The summed E-state index contributed by atoms with van der Waals surface area (Å²) in [6, 6.07) is 0. The molecule has 102 valence electrons. The number of ether oxygens (including phenoxy) is 1. The SMILES string of the molecule is COC(=O)C1CC[C@H]2C(C)(C)CCC[C@]2(C)C1=O. The molecule has 3 heteroatoms. The second kappa shape index (κ2) is 4.36. The van der Waals surface area contributed by atoms with Gasteiger partial charge in [0.25, 0.3) is 0 Å². The van der Waals surface area contributed by atoms with Gasteiger partial charge in [0, 0.05) is 5.41 Å². The number of carbonyl (C=O) groups excluding carboxylic acids is 2. The van der Waals surface area contributed by atoms with Crippen LogP contribution >= 0.6 is 0 Å². The molecule has 18 heavy (non-hydrogen) atoms. The summed E-state index contributed by atoms with van der Waals surface area (Å²) in [4.78, 5) is 24.4. The van der Waals surface area contributed by atoms with E-state index in [0.29, 0.717) is 12.3 Å². The molecule has 0 aliphatic heterocycles. The van der Waals surface area contributed by atoms with Crippen molar-refractivity contribution in [3.63, 3.8) is 0 Å². The minimum absolute atomic E-state index is 0.123. The Balaban J connectivity index is 2.30. The summed E-state index contributed by atoms with van der Waals surface area (Å²) in [5.74, 6) is -0.335. The van der Waals surface area contributed by atoms with E-state index in [0.717, 1.165) is 19.3 Å². The molecule has 0 N–H and O–H groups in total. The van der Waals surface area contributed by atoms with Crippen molar-refractivity contribution >= 4 is 11.8 Å². The van der Waals surface area contributed by atoms with Crippen LogP contribution in [0, 0.1) is 22.7 Å². The summed E-state index contributed by atoms with van der Waals surface area (Å²) in [5, 5.41) is 0. The third kappa shape index (κ3) is 1.88. The van der Waals surface area contributed by atoms with Crippen molar-refractivity contribution in [2.75, 3.05) is 7.11 Å². The van der Waals surface area contributed by atoms with Gasteiger partial charge in [0.15, 0.2) is 5.78 Å². The van der Waals surface area contributed by atoms with Crippen LogP contribution in [-0.4, -0.2) is 18.9 Å². The maximum Gasteiger partial charge on any atom is 0.316 e. The number of rotatable bonds is 1. The van der Waals surface area contributed by atoms with Crippen LogP contribution in [0.1, 0.15) is 52.9 Å². The average molecular weight is 252 g/mol. The molecule has 2 aliphatic rings. The Morgan fingerprint density at radius 2 is 1.89 bits per heavy atom. The summed E-state index contributed by atoms with van der Waals surface area (Å²) in [6.45, 7) is 6.59. The molecule has 2 rings (SSSR count). The first kappa shape index (κ1) is 13.6. The van der Waals surface area contributed by atoms with Gasteiger partial charge in [0.1, 0.15) is 5.92 Å². The minimum Gasteiger partial charge on any atom is -0.468 e. The second-order valence-electron chi connectivity index (χ2n) is 6.83. The average Bonchev–Trinajstić information content (AvgIpc) is 2.30. The molecule has 2 aliphatic carbocycles. The molecule has 0 aromatic rings. The quantitative estimate of drug-likeness (QED) is 0.532. The summed E-state index contributed by atoms with van der Waals surface area (Å²) in [5.41, 5.74) is -0.109. The number of fused-ring (bicyclic) bond motifs is 1. The zero-order valence-electron chi connectivity index (χ0n) is 11.9. The molecule has 2 fully saturated rings. The van der Waals surface area contributed by atoms with Gasteiger partial charge in [-0.1, -0.05) is 27.2 Å². The van der Waals surface area contributed by atoms with E-state index in [4.69, 9.17) is 4.74 Å². The first-order valence-corrected chi connectivity index (χ1v) is 6.95. The van der Waals surface area contributed by atoms with Crippen molar-refractivity contribution in [2.24, 2.45) is 22.7 Å². The lowest BCUT2D eigenvalue weighted by atomic mass is 9.50. The normalized spacial score (nSPS) is 39.0. The van der Waals surface area contributed by atoms with E-state index in [1.165, 1.54) is 13.5 Å². The Kier molecular flexibility index (Phi) is 3.28. The number of hydrogen-bond acceptors (Lipinski definition) is 3. The molecule has 0 radical (unpaired) electrons. The summed E-state index contributed by atoms with van der Waals surface area (Å²) < 4.78 is 4.78. The monoisotopic (exact) mass is 252 g/mol. The molecule has 1 unspecified atom stereocenters. The number of methoxy groups -OCH3 is 1. The predicted octanol–water partition coefficient (Wildman–Crippen LogP) is 2.97. The third-order valence-corrected chi connectivity index (χ3v) is 5.34. The Bertz CT molecular complexity index is 372. The molecule has 0 saturated heterocycles. The van der Waals surface area contributed by atoms with Crippen molar-refractivity contribution in [1.29, 1.82) is 0 Å². The second-order valence-corrected chi connectivity index (χ2v) is 6.83. The molecule has 0 amide bonds. The summed E-state index contributed by atoms with van der Waals surface area (Å²) in [6.07, 6.45) is 4.82.